The van der Waals surface area contributed by atoms with Crippen molar-refractivity contribution in [2.24, 2.45) is 5.73 Å². The third kappa shape index (κ3) is 3.88. The molecule has 0 radical (unpaired) electrons. The zero-order valence-electron chi connectivity index (χ0n) is 13.0. The Morgan fingerprint density at radius 2 is 2.24 bits per heavy atom. The fourth-order valence-electron chi connectivity index (χ4n) is 2.60. The van der Waals surface area contributed by atoms with Crippen LogP contribution in [-0.4, -0.2) is 49.5 Å². The third-order valence-electron chi connectivity index (χ3n) is 4.07. The van der Waals surface area contributed by atoms with Gasteiger partial charge in [-0.05, 0) is 30.5 Å². The second-order valence-corrected chi connectivity index (χ2v) is 6.24. The van der Waals surface area contributed by atoms with Crippen LogP contribution in [0.2, 0.25) is 5.02 Å². The number of halogens is 3. The van der Waals surface area contributed by atoms with Crippen LogP contribution in [0.5, 0.6) is 0 Å². The normalized spacial score (nSPS) is 19.2. The molecule has 134 valence electrons. The van der Waals surface area contributed by atoms with E-state index < -0.39 is 12.6 Å². The van der Waals surface area contributed by atoms with Gasteiger partial charge in [0.2, 0.25) is 0 Å². The molecule has 2 aromatic rings. The summed E-state index contributed by atoms with van der Waals surface area (Å²) in [6.07, 6.45) is 1.02. The van der Waals surface area contributed by atoms with Crippen molar-refractivity contribution in [1.29, 1.82) is 0 Å². The molecule has 1 aromatic carbocycles. The van der Waals surface area contributed by atoms with Crippen LogP contribution in [0.4, 0.5) is 13.6 Å². The Hall–Kier alpha value is -2.26. The van der Waals surface area contributed by atoms with Gasteiger partial charge in [-0.15, -0.1) is 5.10 Å². The second kappa shape index (κ2) is 6.93. The highest BCUT2D eigenvalue weighted by Gasteiger charge is 2.41. The Morgan fingerprint density at radius 3 is 2.80 bits per heavy atom. The van der Waals surface area contributed by atoms with Gasteiger partial charge in [0.15, 0.2) is 5.82 Å². The summed E-state index contributed by atoms with van der Waals surface area (Å²) >= 11 is 6.11. The molecule has 1 aromatic heterocycles. The summed E-state index contributed by atoms with van der Waals surface area (Å²) in [6.45, 7) is -2.50. The first-order chi connectivity index (χ1) is 11.9. The average molecular weight is 372 g/mol. The maximum atomic E-state index is 12.6. The van der Waals surface area contributed by atoms with Gasteiger partial charge in [-0.3, -0.25) is 0 Å². The predicted octanol–water partition coefficient (Wildman–Crippen LogP) is 2.62. The lowest BCUT2D eigenvalue weighted by atomic mass is 10.1. The van der Waals surface area contributed by atoms with E-state index in [4.69, 9.17) is 17.3 Å². The first kappa shape index (κ1) is 17.6. The highest BCUT2D eigenvalue weighted by Crippen LogP contribution is 2.29. The topological polar surface area (TPSA) is 97.3 Å². The largest absolute Gasteiger partial charge is 0.465 e. The van der Waals surface area contributed by atoms with Crippen molar-refractivity contribution in [2.45, 2.75) is 31.5 Å². The van der Waals surface area contributed by atoms with E-state index in [1.807, 2.05) is 0 Å². The van der Waals surface area contributed by atoms with E-state index in [2.05, 4.69) is 10.1 Å². The van der Waals surface area contributed by atoms with Crippen LogP contribution >= 0.6 is 11.6 Å². The van der Waals surface area contributed by atoms with Crippen molar-refractivity contribution < 1.29 is 18.7 Å². The molecule has 0 saturated heterocycles. The van der Waals surface area contributed by atoms with Gasteiger partial charge < -0.3 is 15.7 Å². The number of nitrogens with two attached hydrogens (primary N) is 1. The monoisotopic (exact) mass is 371 g/mol. The lowest BCUT2D eigenvalue weighted by Gasteiger charge is -2.19. The summed E-state index contributed by atoms with van der Waals surface area (Å²) in [5.74, 6) is 0.0893. The molecule has 0 aliphatic heterocycles. The molecule has 1 aliphatic rings. The van der Waals surface area contributed by atoms with Crippen molar-refractivity contribution >= 4 is 17.7 Å². The van der Waals surface area contributed by atoms with Crippen LogP contribution in [0, 0.1) is 0 Å². The zero-order chi connectivity index (χ0) is 18.1. The molecular weight excluding hydrogens is 356 g/mol. The number of carbonyl (C=O) groups is 1. The molecule has 25 heavy (non-hydrogen) atoms. The molecule has 1 aliphatic carbocycles. The van der Waals surface area contributed by atoms with Gasteiger partial charge in [0.1, 0.15) is 6.33 Å². The predicted molar refractivity (Wildman–Crippen MR) is 86.5 cm³/mol. The van der Waals surface area contributed by atoms with Crippen LogP contribution < -0.4 is 5.73 Å². The minimum atomic E-state index is -2.78. The molecule has 7 nitrogen and oxygen atoms in total. The Labute approximate surface area is 147 Å². The van der Waals surface area contributed by atoms with E-state index >= 15 is 0 Å². The minimum absolute atomic E-state index is 0.0893. The van der Waals surface area contributed by atoms with E-state index in [0.29, 0.717) is 28.1 Å². The molecular formula is C15H16ClF2N5O2. The summed E-state index contributed by atoms with van der Waals surface area (Å²) in [5, 5.41) is 13.3. The summed E-state index contributed by atoms with van der Waals surface area (Å²) in [7, 11) is 0. The van der Waals surface area contributed by atoms with E-state index in [1.54, 1.807) is 18.2 Å². The number of nitrogens with zero attached hydrogens (tertiary/aromatic N) is 4. The van der Waals surface area contributed by atoms with E-state index in [0.717, 1.165) is 11.9 Å². The number of amides is 1. The smallest absolute Gasteiger partial charge is 0.407 e. The summed E-state index contributed by atoms with van der Waals surface area (Å²) in [5.41, 5.74) is 6.94. The van der Waals surface area contributed by atoms with Crippen molar-refractivity contribution in [1.82, 2.24) is 19.7 Å². The summed E-state index contributed by atoms with van der Waals surface area (Å²) in [4.78, 5) is 16.5. The van der Waals surface area contributed by atoms with E-state index in [-0.39, 0.29) is 24.5 Å². The van der Waals surface area contributed by atoms with Gasteiger partial charge in [-0.1, -0.05) is 17.7 Å². The highest BCUT2D eigenvalue weighted by atomic mass is 35.5. The Kier molecular flexibility index (Phi) is 4.87. The van der Waals surface area contributed by atoms with E-state index in [9.17, 15) is 18.7 Å². The number of aromatic nitrogens is 3. The first-order valence-electron chi connectivity index (χ1n) is 7.60. The maximum Gasteiger partial charge on any atom is 0.407 e. The third-order valence-corrected chi connectivity index (χ3v) is 4.40. The number of hydrogen-bond donors (Lipinski definition) is 2. The van der Waals surface area contributed by atoms with Crippen LogP contribution in [0.25, 0.3) is 11.4 Å². The van der Waals surface area contributed by atoms with Crippen LogP contribution in [-0.2, 0) is 6.42 Å². The Balaban J connectivity index is 1.75. The summed E-state index contributed by atoms with van der Waals surface area (Å²) in [6, 6.07) is 4.79. The number of alkyl halides is 2. The van der Waals surface area contributed by atoms with Crippen molar-refractivity contribution in [2.75, 3.05) is 6.54 Å². The SMILES string of the molecule is NC1C[C@@H]1N(CCc1ccc(Cl)c(-c2ncn(C(F)F)n2)c1)C(=O)O. The number of rotatable bonds is 6. The second-order valence-electron chi connectivity index (χ2n) is 5.83. The average Bonchev–Trinajstić information content (AvgIpc) is 3.08. The van der Waals surface area contributed by atoms with Crippen molar-refractivity contribution in [3.8, 4) is 11.4 Å². The molecule has 10 heteroatoms. The first-order valence-corrected chi connectivity index (χ1v) is 7.98. The molecule has 0 bridgehead atoms. The molecule has 1 amide bonds. The lowest BCUT2D eigenvalue weighted by molar-refractivity contribution is 0.0564. The van der Waals surface area contributed by atoms with Crippen LogP contribution in [0.1, 0.15) is 18.5 Å². The summed E-state index contributed by atoms with van der Waals surface area (Å²) < 4.78 is 25.7. The molecule has 1 heterocycles. The number of benzene rings is 1. The number of carboxylic acid groups (broad SMARTS) is 1. The molecule has 0 spiro atoms. The quantitative estimate of drug-likeness (QED) is 0.813. The fraction of sp³-hybridized carbons (Fsp3) is 0.400. The fourth-order valence-corrected chi connectivity index (χ4v) is 2.81. The number of hydrogen-bond acceptors (Lipinski definition) is 4. The molecule has 1 unspecified atom stereocenters. The van der Waals surface area contributed by atoms with Gasteiger partial charge in [0, 0.05) is 18.2 Å². The molecule has 1 fully saturated rings. The van der Waals surface area contributed by atoms with Crippen LogP contribution in [0.15, 0.2) is 24.5 Å². The molecule has 3 N–H and O–H groups in total. The van der Waals surface area contributed by atoms with Gasteiger partial charge in [0.25, 0.3) is 0 Å². The minimum Gasteiger partial charge on any atom is -0.465 e. The van der Waals surface area contributed by atoms with Crippen molar-refractivity contribution in [3.05, 3.63) is 35.1 Å². The van der Waals surface area contributed by atoms with Gasteiger partial charge in [-0.2, -0.15) is 13.5 Å². The Bertz CT molecular complexity index is 785. The maximum absolute atomic E-state index is 12.6. The highest BCUT2D eigenvalue weighted by molar-refractivity contribution is 6.33. The molecule has 2 atom stereocenters. The van der Waals surface area contributed by atoms with Crippen molar-refractivity contribution in [3.63, 3.8) is 0 Å². The lowest BCUT2D eigenvalue weighted by Crippen LogP contribution is -2.36. The van der Waals surface area contributed by atoms with Crippen LogP contribution in [0.3, 0.4) is 0 Å². The standard InChI is InChI=1S/C15H16ClF2N5O2/c16-10-2-1-8(3-4-22(15(24)25)12-6-11(12)19)5-9(10)13-20-7-23(21-13)14(17)18/h1-2,5,7,11-12,14H,3-4,6,19H2,(H,24,25)/t11?,12-/m0/s1. The molecule has 1 saturated carbocycles. The van der Waals surface area contributed by atoms with Gasteiger partial charge in [-0.25, -0.2) is 9.78 Å². The Morgan fingerprint density at radius 1 is 1.52 bits per heavy atom. The van der Waals surface area contributed by atoms with Gasteiger partial charge >= 0.3 is 12.6 Å². The van der Waals surface area contributed by atoms with E-state index in [1.165, 1.54) is 4.90 Å². The van der Waals surface area contributed by atoms with Gasteiger partial charge in [0.05, 0.1) is 11.1 Å². The molecule has 3 rings (SSSR count). The zero-order valence-corrected chi connectivity index (χ0v) is 13.8.